The molecule has 0 aliphatic rings. The van der Waals surface area contributed by atoms with Crippen LogP contribution in [0.1, 0.15) is 0 Å². The molecule has 0 atom stereocenters. The van der Waals surface area contributed by atoms with Gasteiger partial charge in [-0.05, 0) is 34.7 Å². The zero-order valence-electron chi connectivity index (χ0n) is 8.12. The molecule has 0 aliphatic carbocycles. The Morgan fingerprint density at radius 1 is 1.47 bits per heavy atom. The van der Waals surface area contributed by atoms with Crippen LogP contribution >= 0.6 is 22.6 Å². The van der Waals surface area contributed by atoms with Gasteiger partial charge in [0.05, 0.1) is 15.5 Å². The SMILES string of the molecule is O=C(C=NNc1ccc(I)c(O)c1)C(F)(F)F. The van der Waals surface area contributed by atoms with Gasteiger partial charge in [-0.15, -0.1) is 0 Å². The lowest BCUT2D eigenvalue weighted by Gasteiger charge is -2.02. The minimum Gasteiger partial charge on any atom is -0.507 e. The van der Waals surface area contributed by atoms with Gasteiger partial charge in [0.25, 0.3) is 5.78 Å². The molecule has 0 fully saturated rings. The molecule has 8 heteroatoms. The summed E-state index contributed by atoms with van der Waals surface area (Å²) in [5, 5.41) is 12.4. The first-order chi connectivity index (χ1) is 7.80. The third kappa shape index (κ3) is 4.21. The molecule has 0 aliphatic heterocycles. The smallest absolute Gasteiger partial charge is 0.455 e. The van der Waals surface area contributed by atoms with E-state index in [4.69, 9.17) is 0 Å². The van der Waals surface area contributed by atoms with E-state index in [1.807, 2.05) is 22.6 Å². The second kappa shape index (κ2) is 5.34. The fourth-order valence-corrected chi connectivity index (χ4v) is 1.16. The van der Waals surface area contributed by atoms with Crippen molar-refractivity contribution in [2.24, 2.45) is 5.10 Å². The Bertz CT molecular complexity index is 460. The zero-order valence-corrected chi connectivity index (χ0v) is 10.3. The number of halogens is 4. The fraction of sp³-hybridized carbons (Fsp3) is 0.111. The van der Waals surface area contributed by atoms with E-state index in [9.17, 15) is 23.1 Å². The lowest BCUT2D eigenvalue weighted by molar-refractivity contribution is -0.162. The molecule has 1 rings (SSSR count). The van der Waals surface area contributed by atoms with Crippen molar-refractivity contribution < 1.29 is 23.1 Å². The van der Waals surface area contributed by atoms with Gasteiger partial charge >= 0.3 is 6.18 Å². The van der Waals surface area contributed by atoms with Crippen LogP contribution in [0.15, 0.2) is 23.3 Å². The number of phenols is 1. The van der Waals surface area contributed by atoms with Crippen molar-refractivity contribution in [3.05, 3.63) is 21.8 Å². The molecule has 0 bridgehead atoms. The predicted octanol–water partition coefficient (Wildman–Crippen LogP) is 2.53. The number of hydrogen-bond donors (Lipinski definition) is 2. The number of nitrogens with zero attached hydrogens (tertiary/aromatic N) is 1. The lowest BCUT2D eigenvalue weighted by Crippen LogP contribution is -2.23. The van der Waals surface area contributed by atoms with Gasteiger partial charge in [-0.3, -0.25) is 10.2 Å². The summed E-state index contributed by atoms with van der Waals surface area (Å²) in [6.07, 6.45) is -4.80. The van der Waals surface area contributed by atoms with Crippen LogP contribution in [0.5, 0.6) is 5.75 Å². The van der Waals surface area contributed by atoms with Crippen LogP contribution in [0.3, 0.4) is 0 Å². The van der Waals surface area contributed by atoms with Gasteiger partial charge in [-0.2, -0.15) is 18.3 Å². The van der Waals surface area contributed by atoms with Crippen molar-refractivity contribution in [1.82, 2.24) is 0 Å². The highest BCUT2D eigenvalue weighted by Gasteiger charge is 2.36. The highest BCUT2D eigenvalue weighted by Crippen LogP contribution is 2.23. The van der Waals surface area contributed by atoms with Crippen molar-refractivity contribution >= 4 is 40.3 Å². The number of hydrogen-bond acceptors (Lipinski definition) is 4. The Hall–Kier alpha value is -1.32. The van der Waals surface area contributed by atoms with E-state index in [2.05, 4.69) is 10.5 Å². The molecule has 0 saturated carbocycles. The Labute approximate surface area is 108 Å². The Kier molecular flexibility index (Phi) is 4.32. The van der Waals surface area contributed by atoms with E-state index in [1.165, 1.54) is 12.1 Å². The van der Waals surface area contributed by atoms with Gasteiger partial charge in [-0.1, -0.05) is 0 Å². The molecule has 0 unspecified atom stereocenters. The number of Topliss-reactive ketones (excluding diaryl/α,β-unsaturated/α-hetero) is 1. The van der Waals surface area contributed by atoms with Gasteiger partial charge in [0.1, 0.15) is 5.75 Å². The third-order valence-electron chi connectivity index (χ3n) is 1.60. The molecule has 4 nitrogen and oxygen atoms in total. The average molecular weight is 358 g/mol. The molecule has 0 radical (unpaired) electrons. The summed E-state index contributed by atoms with van der Waals surface area (Å²) in [5.74, 6) is -2.09. The Balaban J connectivity index is 2.65. The molecular weight excluding hydrogens is 352 g/mol. The molecule has 17 heavy (non-hydrogen) atoms. The number of benzene rings is 1. The Morgan fingerprint density at radius 2 is 2.12 bits per heavy atom. The quantitative estimate of drug-likeness (QED) is 0.496. The zero-order chi connectivity index (χ0) is 13.1. The van der Waals surface area contributed by atoms with Gasteiger partial charge in [-0.25, -0.2) is 0 Å². The van der Waals surface area contributed by atoms with E-state index in [1.54, 1.807) is 6.07 Å². The number of rotatable bonds is 3. The van der Waals surface area contributed by atoms with Crippen LogP contribution in [-0.2, 0) is 4.79 Å². The van der Waals surface area contributed by atoms with Crippen LogP contribution in [0.2, 0.25) is 0 Å². The number of aromatic hydroxyl groups is 1. The van der Waals surface area contributed by atoms with Crippen molar-refractivity contribution in [3.8, 4) is 5.75 Å². The number of phenolic OH excluding ortho intramolecular Hbond substituents is 1. The summed E-state index contributed by atoms with van der Waals surface area (Å²) in [4.78, 5) is 10.4. The number of hydrazone groups is 1. The number of ketones is 1. The number of alkyl halides is 3. The van der Waals surface area contributed by atoms with Crippen LogP contribution in [0.4, 0.5) is 18.9 Å². The topological polar surface area (TPSA) is 61.7 Å². The first kappa shape index (κ1) is 13.7. The molecule has 0 spiro atoms. The van der Waals surface area contributed by atoms with Gasteiger partial charge in [0.15, 0.2) is 0 Å². The summed E-state index contributed by atoms with van der Waals surface area (Å²) < 4.78 is 35.9. The number of anilines is 1. The molecule has 0 aromatic heterocycles. The first-order valence-corrected chi connectivity index (χ1v) is 5.27. The number of carbonyl (C=O) groups excluding carboxylic acids is 1. The van der Waals surface area contributed by atoms with Crippen molar-refractivity contribution in [3.63, 3.8) is 0 Å². The number of carbonyl (C=O) groups is 1. The predicted molar refractivity (Wildman–Crippen MR) is 64.0 cm³/mol. The summed E-state index contributed by atoms with van der Waals surface area (Å²) >= 11 is 1.88. The van der Waals surface area contributed by atoms with Gasteiger partial charge < -0.3 is 5.11 Å². The van der Waals surface area contributed by atoms with Crippen LogP contribution in [0, 0.1) is 3.57 Å². The summed E-state index contributed by atoms with van der Waals surface area (Å²) in [6, 6.07) is 4.31. The van der Waals surface area contributed by atoms with E-state index in [-0.39, 0.29) is 17.7 Å². The van der Waals surface area contributed by atoms with Crippen molar-refractivity contribution in [2.45, 2.75) is 6.18 Å². The average Bonchev–Trinajstić information content (AvgIpc) is 2.22. The van der Waals surface area contributed by atoms with E-state index < -0.39 is 12.0 Å². The van der Waals surface area contributed by atoms with Gasteiger partial charge in [0, 0.05) is 6.07 Å². The standard InChI is InChI=1S/C9H6F3IN2O2/c10-9(11,12)8(17)4-14-15-5-1-2-6(13)7(16)3-5/h1-4,15-16H. The van der Waals surface area contributed by atoms with Crippen molar-refractivity contribution in [1.29, 1.82) is 0 Å². The van der Waals surface area contributed by atoms with E-state index in [0.717, 1.165) is 0 Å². The van der Waals surface area contributed by atoms with Crippen LogP contribution < -0.4 is 5.43 Å². The van der Waals surface area contributed by atoms with Gasteiger partial charge in [0.2, 0.25) is 0 Å². The Morgan fingerprint density at radius 3 is 2.65 bits per heavy atom. The maximum absolute atomic E-state index is 11.8. The highest BCUT2D eigenvalue weighted by molar-refractivity contribution is 14.1. The molecule has 1 aromatic rings. The molecule has 0 amide bonds. The summed E-state index contributed by atoms with van der Waals surface area (Å²) in [6.45, 7) is 0. The molecule has 0 saturated heterocycles. The fourth-order valence-electron chi connectivity index (χ4n) is 0.821. The number of nitrogens with one attached hydrogen (secondary N) is 1. The normalized spacial score (nSPS) is 11.8. The molecule has 2 N–H and O–H groups in total. The molecule has 1 aromatic carbocycles. The van der Waals surface area contributed by atoms with Crippen molar-refractivity contribution in [2.75, 3.05) is 5.43 Å². The van der Waals surface area contributed by atoms with Crippen LogP contribution in [0.25, 0.3) is 0 Å². The minimum absolute atomic E-state index is 0.0343. The lowest BCUT2D eigenvalue weighted by atomic mass is 10.3. The maximum atomic E-state index is 11.8. The minimum atomic E-state index is -4.93. The summed E-state index contributed by atoms with van der Waals surface area (Å²) in [5.41, 5.74) is 2.47. The first-order valence-electron chi connectivity index (χ1n) is 4.19. The third-order valence-corrected chi connectivity index (χ3v) is 2.51. The van der Waals surface area contributed by atoms with Crippen LogP contribution in [-0.4, -0.2) is 23.3 Å². The maximum Gasteiger partial charge on any atom is 0.455 e. The molecule has 92 valence electrons. The second-order valence-corrected chi connectivity index (χ2v) is 4.06. The molecule has 0 heterocycles. The highest BCUT2D eigenvalue weighted by atomic mass is 127. The molecular formula is C9H6F3IN2O2. The summed E-state index contributed by atoms with van der Waals surface area (Å²) in [7, 11) is 0. The largest absolute Gasteiger partial charge is 0.507 e. The van der Waals surface area contributed by atoms with E-state index in [0.29, 0.717) is 3.57 Å². The van der Waals surface area contributed by atoms with E-state index >= 15 is 0 Å². The second-order valence-electron chi connectivity index (χ2n) is 2.90. The monoisotopic (exact) mass is 358 g/mol.